The van der Waals surface area contributed by atoms with Gasteiger partial charge in [-0.25, -0.2) is 0 Å². The number of rotatable bonds is 0. The van der Waals surface area contributed by atoms with Gasteiger partial charge < -0.3 is 0 Å². The lowest BCUT2D eigenvalue weighted by molar-refractivity contribution is -0.148. The van der Waals surface area contributed by atoms with Crippen molar-refractivity contribution < 1.29 is 9.59 Å². The highest BCUT2D eigenvalue weighted by molar-refractivity contribution is 5.89. The first kappa shape index (κ1) is 10.8. The molecule has 2 aliphatic carbocycles. The molecule has 2 aliphatic rings. The number of carbonyl (C=O) groups is 2. The minimum atomic E-state index is -0.123. The molecule has 0 bridgehead atoms. The van der Waals surface area contributed by atoms with E-state index in [2.05, 4.69) is 20.8 Å². The first-order valence-corrected chi connectivity index (χ1v) is 5.90. The van der Waals surface area contributed by atoms with E-state index < -0.39 is 0 Å². The molecule has 2 rings (SSSR count). The van der Waals surface area contributed by atoms with Crippen molar-refractivity contribution in [2.75, 3.05) is 0 Å². The van der Waals surface area contributed by atoms with Gasteiger partial charge in [0.15, 0.2) is 0 Å². The maximum absolute atomic E-state index is 12.0. The summed E-state index contributed by atoms with van der Waals surface area (Å²) in [7, 11) is 0. The lowest BCUT2D eigenvalue weighted by atomic mass is 9.51. The summed E-state index contributed by atoms with van der Waals surface area (Å²) in [6.45, 7) is 6.29. The fourth-order valence-electron chi connectivity index (χ4n) is 4.04. The van der Waals surface area contributed by atoms with Crippen LogP contribution in [0, 0.1) is 16.7 Å². The zero-order valence-corrected chi connectivity index (χ0v) is 9.93. The predicted octanol–water partition coefficient (Wildman–Crippen LogP) is 2.75. The molecular weight excluding hydrogens is 188 g/mol. The third-order valence-corrected chi connectivity index (χ3v) is 4.23. The van der Waals surface area contributed by atoms with Crippen molar-refractivity contribution in [3.05, 3.63) is 0 Å². The van der Waals surface area contributed by atoms with Crippen molar-refractivity contribution in [1.29, 1.82) is 0 Å². The fraction of sp³-hybridized carbons (Fsp3) is 0.846. The molecule has 15 heavy (non-hydrogen) atoms. The summed E-state index contributed by atoms with van der Waals surface area (Å²) in [4.78, 5) is 23.8. The minimum Gasteiger partial charge on any atom is -0.300 e. The number of hydrogen-bond acceptors (Lipinski definition) is 2. The molecule has 0 radical (unpaired) electrons. The zero-order valence-electron chi connectivity index (χ0n) is 9.93. The van der Waals surface area contributed by atoms with Crippen LogP contribution < -0.4 is 0 Å². The fourth-order valence-corrected chi connectivity index (χ4v) is 4.04. The molecular formula is C13H20O2. The van der Waals surface area contributed by atoms with Gasteiger partial charge in [0, 0.05) is 25.2 Å². The highest BCUT2D eigenvalue weighted by Crippen LogP contribution is 2.55. The Labute approximate surface area is 91.4 Å². The first-order valence-electron chi connectivity index (χ1n) is 5.90. The number of hydrogen-bond donors (Lipinski definition) is 0. The third kappa shape index (κ3) is 1.64. The Morgan fingerprint density at radius 3 is 2.47 bits per heavy atom. The molecule has 2 saturated carbocycles. The van der Waals surface area contributed by atoms with E-state index in [4.69, 9.17) is 0 Å². The molecule has 0 amide bonds. The summed E-state index contributed by atoms with van der Waals surface area (Å²) >= 11 is 0. The van der Waals surface area contributed by atoms with Crippen molar-refractivity contribution in [1.82, 2.24) is 0 Å². The van der Waals surface area contributed by atoms with Crippen LogP contribution in [0.2, 0.25) is 0 Å². The highest BCUT2D eigenvalue weighted by Gasteiger charge is 2.53. The van der Waals surface area contributed by atoms with E-state index in [0.29, 0.717) is 24.4 Å². The second-order valence-corrected chi connectivity index (χ2v) is 6.29. The van der Waals surface area contributed by atoms with Crippen LogP contribution in [-0.4, -0.2) is 11.6 Å². The summed E-state index contributed by atoms with van der Waals surface area (Å²) in [5, 5.41) is 0. The quantitative estimate of drug-likeness (QED) is 0.613. The Morgan fingerprint density at radius 2 is 1.80 bits per heavy atom. The van der Waals surface area contributed by atoms with Crippen molar-refractivity contribution in [2.24, 2.45) is 16.7 Å². The summed E-state index contributed by atoms with van der Waals surface area (Å²) in [5.41, 5.74) is -0.171. The molecule has 84 valence electrons. The average Bonchev–Trinajstić information content (AvgIpc) is 1.97. The molecule has 2 fully saturated rings. The summed E-state index contributed by atoms with van der Waals surface area (Å²) < 4.78 is 0. The van der Waals surface area contributed by atoms with Gasteiger partial charge >= 0.3 is 0 Å². The molecule has 0 aromatic heterocycles. The van der Waals surface area contributed by atoms with E-state index in [0.717, 1.165) is 19.3 Å². The van der Waals surface area contributed by atoms with Gasteiger partial charge in [0.2, 0.25) is 0 Å². The van der Waals surface area contributed by atoms with Crippen molar-refractivity contribution in [3.63, 3.8) is 0 Å². The second-order valence-electron chi connectivity index (χ2n) is 6.29. The van der Waals surface area contributed by atoms with Gasteiger partial charge in [-0.1, -0.05) is 20.8 Å². The van der Waals surface area contributed by atoms with E-state index in [1.807, 2.05) is 0 Å². The first-order chi connectivity index (χ1) is 6.85. The molecule has 0 heterocycles. The molecule has 0 saturated heterocycles. The van der Waals surface area contributed by atoms with E-state index in [1.54, 1.807) is 0 Å². The Morgan fingerprint density at radius 1 is 1.13 bits per heavy atom. The van der Waals surface area contributed by atoms with Gasteiger partial charge in [0.25, 0.3) is 0 Å². The van der Waals surface area contributed by atoms with Gasteiger partial charge in [-0.15, -0.1) is 0 Å². The maximum Gasteiger partial charge on any atom is 0.137 e. The molecule has 0 N–H and O–H groups in total. The van der Waals surface area contributed by atoms with Crippen LogP contribution in [0.3, 0.4) is 0 Å². The molecule has 2 heteroatoms. The van der Waals surface area contributed by atoms with Crippen LogP contribution >= 0.6 is 0 Å². The van der Waals surface area contributed by atoms with Crippen LogP contribution in [0.25, 0.3) is 0 Å². The molecule has 0 aromatic rings. The van der Waals surface area contributed by atoms with Crippen molar-refractivity contribution in [3.8, 4) is 0 Å². The molecule has 0 aromatic carbocycles. The minimum absolute atomic E-state index is 0.0475. The average molecular weight is 208 g/mol. The van der Waals surface area contributed by atoms with Crippen LogP contribution in [0.4, 0.5) is 0 Å². The monoisotopic (exact) mass is 208 g/mol. The van der Waals surface area contributed by atoms with Crippen molar-refractivity contribution >= 4 is 11.6 Å². The number of Topliss-reactive ketones (excluding diaryl/α,β-unsaturated/α-hetero) is 2. The van der Waals surface area contributed by atoms with Crippen molar-refractivity contribution in [2.45, 2.75) is 52.9 Å². The number of ketones is 2. The predicted molar refractivity (Wildman–Crippen MR) is 58.5 cm³/mol. The highest BCUT2D eigenvalue weighted by atomic mass is 16.1. The van der Waals surface area contributed by atoms with E-state index >= 15 is 0 Å². The van der Waals surface area contributed by atoms with E-state index in [9.17, 15) is 9.59 Å². The third-order valence-electron chi connectivity index (χ3n) is 4.23. The van der Waals surface area contributed by atoms with Crippen LogP contribution in [0.15, 0.2) is 0 Å². The molecule has 0 aliphatic heterocycles. The van der Waals surface area contributed by atoms with Crippen LogP contribution in [0.5, 0.6) is 0 Å². The molecule has 0 spiro atoms. The SMILES string of the molecule is CC1(C)CC(=O)C[C@]2(C)CCCC(=O)[C@H]12. The summed E-state index contributed by atoms with van der Waals surface area (Å²) in [6.07, 6.45) is 3.93. The normalized spacial score (nSPS) is 40.1. The van der Waals surface area contributed by atoms with Crippen LogP contribution in [-0.2, 0) is 9.59 Å². The van der Waals surface area contributed by atoms with Gasteiger partial charge in [-0.05, 0) is 23.7 Å². The number of fused-ring (bicyclic) bond motifs is 1. The zero-order chi connectivity index (χ0) is 11.3. The molecule has 2 atom stereocenters. The van der Waals surface area contributed by atoms with Crippen LogP contribution in [0.1, 0.15) is 52.9 Å². The largest absolute Gasteiger partial charge is 0.300 e. The molecule has 0 unspecified atom stereocenters. The number of carbonyl (C=O) groups excluding carboxylic acids is 2. The Balaban J connectivity index is 2.39. The second kappa shape index (κ2) is 3.16. The Hall–Kier alpha value is -0.660. The summed E-state index contributed by atoms with van der Waals surface area (Å²) in [5.74, 6) is 0.839. The van der Waals surface area contributed by atoms with Gasteiger partial charge in [0.05, 0.1) is 0 Å². The van der Waals surface area contributed by atoms with E-state index in [1.165, 1.54) is 0 Å². The van der Waals surface area contributed by atoms with Gasteiger partial charge in [-0.3, -0.25) is 9.59 Å². The topological polar surface area (TPSA) is 34.1 Å². The maximum atomic E-state index is 12.0. The van der Waals surface area contributed by atoms with Gasteiger partial charge in [0.1, 0.15) is 11.6 Å². The Bertz CT molecular complexity index is 316. The van der Waals surface area contributed by atoms with E-state index in [-0.39, 0.29) is 16.7 Å². The smallest absolute Gasteiger partial charge is 0.137 e. The standard InChI is InChI=1S/C13H20O2/c1-12(2)7-9(14)8-13(3)6-4-5-10(15)11(12)13/h11H,4-8H2,1-3H3/t11-,13+/m1/s1. The summed E-state index contributed by atoms with van der Waals surface area (Å²) in [6, 6.07) is 0. The van der Waals surface area contributed by atoms with Gasteiger partial charge in [-0.2, -0.15) is 0 Å². The lowest BCUT2D eigenvalue weighted by Gasteiger charge is -2.51. The Kier molecular flexibility index (Phi) is 2.29. The molecule has 2 nitrogen and oxygen atoms in total. The lowest BCUT2D eigenvalue weighted by Crippen LogP contribution is -2.51.